The van der Waals surface area contributed by atoms with E-state index in [2.05, 4.69) is 22.4 Å². The molecule has 0 saturated heterocycles. The number of carbonyl (C=O) groups is 1. The van der Waals surface area contributed by atoms with Crippen LogP contribution >= 0.6 is 23.2 Å². The molecule has 1 atom stereocenters. The highest BCUT2D eigenvalue weighted by Gasteiger charge is 2.16. The first kappa shape index (κ1) is 15.8. The maximum absolute atomic E-state index is 12.3. The van der Waals surface area contributed by atoms with E-state index in [1.807, 2.05) is 37.3 Å². The van der Waals surface area contributed by atoms with Crippen LogP contribution in [0.4, 0.5) is 0 Å². The number of aromatic nitrogens is 1. The van der Waals surface area contributed by atoms with Crippen LogP contribution in [-0.4, -0.2) is 10.9 Å². The molecule has 2 aromatic carbocycles. The van der Waals surface area contributed by atoms with Gasteiger partial charge in [-0.15, -0.1) is 0 Å². The molecule has 0 fully saturated rings. The number of nitrogens with one attached hydrogen (secondary N) is 1. The fourth-order valence-corrected chi connectivity index (χ4v) is 2.74. The average Bonchev–Trinajstić information content (AvgIpc) is 2.56. The number of carbonyl (C=O) groups excluding carboxylic acids is 1. The number of hydrogen-bond donors (Lipinski definition) is 1. The zero-order valence-corrected chi connectivity index (χ0v) is 13.9. The van der Waals surface area contributed by atoms with E-state index in [1.165, 1.54) is 0 Å². The van der Waals surface area contributed by atoms with Crippen molar-refractivity contribution in [3.05, 3.63) is 76.0 Å². The van der Waals surface area contributed by atoms with E-state index in [1.54, 1.807) is 12.1 Å². The molecular formula is C18H14Cl2N2O. The van der Waals surface area contributed by atoms with Crippen molar-refractivity contribution in [3.8, 4) is 0 Å². The molecule has 1 aromatic heterocycles. The van der Waals surface area contributed by atoms with Gasteiger partial charge in [-0.3, -0.25) is 4.79 Å². The highest BCUT2D eigenvalue weighted by atomic mass is 35.5. The molecule has 1 amide bonds. The smallest absolute Gasteiger partial charge is 0.271 e. The number of rotatable bonds is 3. The van der Waals surface area contributed by atoms with Crippen molar-refractivity contribution in [1.29, 1.82) is 0 Å². The highest BCUT2D eigenvalue weighted by molar-refractivity contribution is 6.34. The Labute approximate surface area is 144 Å². The summed E-state index contributed by atoms with van der Waals surface area (Å²) in [6.07, 6.45) is 0. The number of pyridine rings is 1. The molecule has 23 heavy (non-hydrogen) atoms. The predicted octanol–water partition coefficient (Wildman–Crippen LogP) is 5.03. The van der Waals surface area contributed by atoms with Crippen molar-refractivity contribution in [3.63, 3.8) is 0 Å². The SMILES string of the molecule is CC(NC(=O)c1nc(Cl)ccc1Cl)c1ccc2ccccc2c1. The number of hydrogen-bond acceptors (Lipinski definition) is 2. The van der Waals surface area contributed by atoms with Crippen LogP contribution in [0.15, 0.2) is 54.6 Å². The van der Waals surface area contributed by atoms with Crippen LogP contribution in [0.5, 0.6) is 0 Å². The van der Waals surface area contributed by atoms with Gasteiger partial charge in [0.1, 0.15) is 10.8 Å². The average molecular weight is 345 g/mol. The standard InChI is InChI=1S/C18H14Cl2N2O/c1-11(13-7-6-12-4-2-3-5-14(12)10-13)21-18(23)17-15(19)8-9-16(20)22-17/h2-11H,1H3,(H,21,23). The molecule has 0 bridgehead atoms. The monoisotopic (exact) mass is 344 g/mol. The van der Waals surface area contributed by atoms with Crippen molar-refractivity contribution >= 4 is 39.9 Å². The third kappa shape index (κ3) is 3.46. The molecular weight excluding hydrogens is 331 g/mol. The van der Waals surface area contributed by atoms with Gasteiger partial charge in [0, 0.05) is 0 Å². The second-order valence-corrected chi connectivity index (χ2v) is 6.06. The van der Waals surface area contributed by atoms with E-state index in [9.17, 15) is 4.79 Å². The number of amides is 1. The zero-order valence-electron chi connectivity index (χ0n) is 12.4. The summed E-state index contributed by atoms with van der Waals surface area (Å²) in [7, 11) is 0. The van der Waals surface area contributed by atoms with Crippen LogP contribution in [-0.2, 0) is 0 Å². The molecule has 5 heteroatoms. The van der Waals surface area contributed by atoms with Crippen LogP contribution in [0.1, 0.15) is 29.0 Å². The van der Waals surface area contributed by atoms with Crippen molar-refractivity contribution in [1.82, 2.24) is 10.3 Å². The molecule has 0 radical (unpaired) electrons. The van der Waals surface area contributed by atoms with Crippen molar-refractivity contribution in [2.45, 2.75) is 13.0 Å². The molecule has 116 valence electrons. The molecule has 1 heterocycles. The van der Waals surface area contributed by atoms with E-state index in [4.69, 9.17) is 23.2 Å². The molecule has 3 nitrogen and oxygen atoms in total. The van der Waals surface area contributed by atoms with E-state index in [-0.39, 0.29) is 27.8 Å². The summed E-state index contributed by atoms with van der Waals surface area (Å²) in [5, 5.41) is 5.70. The Balaban J connectivity index is 1.83. The minimum absolute atomic E-state index is 0.131. The maximum Gasteiger partial charge on any atom is 0.271 e. The van der Waals surface area contributed by atoms with Crippen LogP contribution in [0.2, 0.25) is 10.2 Å². The van der Waals surface area contributed by atoms with Crippen LogP contribution in [0.25, 0.3) is 10.8 Å². The topological polar surface area (TPSA) is 42.0 Å². The first-order valence-electron chi connectivity index (χ1n) is 7.16. The molecule has 0 saturated carbocycles. The molecule has 0 aliphatic rings. The summed E-state index contributed by atoms with van der Waals surface area (Å²) in [5.74, 6) is -0.349. The second-order valence-electron chi connectivity index (χ2n) is 5.27. The predicted molar refractivity (Wildman–Crippen MR) is 94.1 cm³/mol. The van der Waals surface area contributed by atoms with E-state index in [0.29, 0.717) is 0 Å². The summed E-state index contributed by atoms with van der Waals surface area (Å²) in [4.78, 5) is 16.3. The molecule has 3 rings (SSSR count). The normalized spacial score (nSPS) is 12.1. The largest absolute Gasteiger partial charge is 0.344 e. The fourth-order valence-electron chi connectivity index (χ4n) is 2.40. The number of benzene rings is 2. The summed E-state index contributed by atoms with van der Waals surface area (Å²) in [5.41, 5.74) is 1.14. The molecule has 1 N–H and O–H groups in total. The lowest BCUT2D eigenvalue weighted by Gasteiger charge is -2.15. The molecule has 0 aliphatic carbocycles. The first-order valence-corrected chi connectivity index (χ1v) is 7.92. The zero-order chi connectivity index (χ0) is 16.4. The van der Waals surface area contributed by atoms with Crippen LogP contribution in [0, 0.1) is 0 Å². The highest BCUT2D eigenvalue weighted by Crippen LogP contribution is 2.22. The maximum atomic E-state index is 12.3. The van der Waals surface area contributed by atoms with Gasteiger partial charge in [0.2, 0.25) is 0 Å². The Morgan fingerprint density at radius 2 is 1.78 bits per heavy atom. The number of fused-ring (bicyclic) bond motifs is 1. The minimum atomic E-state index is -0.349. The lowest BCUT2D eigenvalue weighted by Crippen LogP contribution is -2.27. The van der Waals surface area contributed by atoms with E-state index in [0.717, 1.165) is 16.3 Å². The summed E-state index contributed by atoms with van der Waals surface area (Å²) >= 11 is 11.8. The Morgan fingerprint density at radius 3 is 2.57 bits per heavy atom. The Morgan fingerprint density at radius 1 is 1.04 bits per heavy atom. The van der Waals surface area contributed by atoms with Gasteiger partial charge in [0.05, 0.1) is 11.1 Å². The molecule has 1 unspecified atom stereocenters. The third-order valence-electron chi connectivity index (χ3n) is 3.65. The van der Waals surface area contributed by atoms with Gasteiger partial charge >= 0.3 is 0 Å². The minimum Gasteiger partial charge on any atom is -0.344 e. The Bertz CT molecular complexity index is 880. The summed E-state index contributed by atoms with van der Waals surface area (Å²) in [6, 6.07) is 17.1. The van der Waals surface area contributed by atoms with Gasteiger partial charge in [-0.2, -0.15) is 0 Å². The van der Waals surface area contributed by atoms with Gasteiger partial charge < -0.3 is 5.32 Å². The summed E-state index contributed by atoms with van der Waals surface area (Å²) in [6.45, 7) is 1.92. The Hall–Kier alpha value is -2.10. The lowest BCUT2D eigenvalue weighted by molar-refractivity contribution is 0.0935. The van der Waals surface area contributed by atoms with Crippen LogP contribution < -0.4 is 5.32 Å². The van der Waals surface area contributed by atoms with Crippen molar-refractivity contribution < 1.29 is 4.79 Å². The summed E-state index contributed by atoms with van der Waals surface area (Å²) < 4.78 is 0. The molecule has 0 aliphatic heterocycles. The van der Waals surface area contributed by atoms with Crippen molar-refractivity contribution in [2.75, 3.05) is 0 Å². The van der Waals surface area contributed by atoms with Gasteiger partial charge in [0.25, 0.3) is 5.91 Å². The second kappa shape index (κ2) is 6.57. The molecule has 0 spiro atoms. The number of halogens is 2. The molecule has 3 aromatic rings. The lowest BCUT2D eigenvalue weighted by atomic mass is 10.0. The quantitative estimate of drug-likeness (QED) is 0.676. The van der Waals surface area contributed by atoms with Crippen molar-refractivity contribution in [2.24, 2.45) is 0 Å². The van der Waals surface area contributed by atoms with Gasteiger partial charge in [-0.1, -0.05) is 59.6 Å². The van der Waals surface area contributed by atoms with E-state index < -0.39 is 0 Å². The van der Waals surface area contributed by atoms with E-state index >= 15 is 0 Å². The van der Waals surface area contributed by atoms with Gasteiger partial charge in [0.15, 0.2) is 0 Å². The van der Waals surface area contributed by atoms with Gasteiger partial charge in [-0.05, 0) is 41.5 Å². The van der Waals surface area contributed by atoms with Crippen LogP contribution in [0.3, 0.4) is 0 Å². The third-order valence-corrected chi connectivity index (χ3v) is 4.16. The number of nitrogens with zero attached hydrogens (tertiary/aromatic N) is 1. The first-order chi connectivity index (χ1) is 11.0. The Kier molecular flexibility index (Phi) is 4.51. The fraction of sp³-hybridized carbons (Fsp3) is 0.111. The van der Waals surface area contributed by atoms with Gasteiger partial charge in [-0.25, -0.2) is 4.98 Å².